The number of anilines is 1. The predicted molar refractivity (Wildman–Crippen MR) is 115 cm³/mol. The zero-order valence-electron chi connectivity index (χ0n) is 17.7. The number of aromatic nitrogens is 4. The average molecular weight is 456 g/mol. The number of nitrogens with zero attached hydrogens (tertiary/aromatic N) is 5. The quantitative estimate of drug-likeness (QED) is 0.214. The van der Waals surface area contributed by atoms with Gasteiger partial charge in [0.05, 0.1) is 34.7 Å². The Balaban J connectivity index is 0.000000189. The third-order valence-electron chi connectivity index (χ3n) is 4.10. The van der Waals surface area contributed by atoms with Crippen molar-refractivity contribution in [1.82, 2.24) is 19.9 Å². The molecule has 4 aromatic rings. The molecule has 0 saturated heterocycles. The summed E-state index contributed by atoms with van der Waals surface area (Å²) in [6.07, 6.45) is 7.13. The first kappa shape index (κ1) is 23.2. The maximum Gasteiger partial charge on any atom is 0.412 e. The van der Waals surface area contributed by atoms with Gasteiger partial charge in [-0.25, -0.2) is 13.6 Å². The minimum absolute atomic E-state index is 0.106. The van der Waals surface area contributed by atoms with Gasteiger partial charge in [-0.3, -0.25) is 20.1 Å². The van der Waals surface area contributed by atoms with Crippen LogP contribution in [-0.2, 0) is 4.74 Å². The molecule has 170 valence electrons. The number of nitrogens with one attached hydrogen (secondary N) is 3. The van der Waals surface area contributed by atoms with Crippen molar-refractivity contribution < 1.29 is 23.1 Å². The molecule has 0 spiro atoms. The van der Waals surface area contributed by atoms with Crippen LogP contribution in [0.3, 0.4) is 0 Å². The second-order valence-electron chi connectivity index (χ2n) is 7.61. The van der Waals surface area contributed by atoms with Gasteiger partial charge in [0, 0.05) is 40.5 Å². The number of pyridine rings is 2. The van der Waals surface area contributed by atoms with Crippen molar-refractivity contribution in [2.75, 3.05) is 5.32 Å². The number of fused-ring (bicyclic) bond motifs is 2. The summed E-state index contributed by atoms with van der Waals surface area (Å²) in [6, 6.07) is 0. The number of aromatic amines is 2. The molecule has 2 amide bonds. The molecule has 0 aliphatic carbocycles. The Kier molecular flexibility index (Phi) is 6.54. The topological polar surface area (TPSA) is 162 Å². The summed E-state index contributed by atoms with van der Waals surface area (Å²) in [7, 11) is 0. The number of halogens is 2. The predicted octanol–water partition coefficient (Wildman–Crippen LogP) is 5.20. The summed E-state index contributed by atoms with van der Waals surface area (Å²) in [5.74, 6) is -1.80. The number of H-pyrrole nitrogens is 2. The van der Waals surface area contributed by atoms with Crippen molar-refractivity contribution in [3.63, 3.8) is 0 Å². The monoisotopic (exact) mass is 456 g/mol. The highest BCUT2D eigenvalue weighted by Gasteiger charge is 2.18. The summed E-state index contributed by atoms with van der Waals surface area (Å²) >= 11 is 0. The van der Waals surface area contributed by atoms with Crippen molar-refractivity contribution in [2.24, 2.45) is 5.11 Å². The summed E-state index contributed by atoms with van der Waals surface area (Å²) in [5.41, 5.74) is 8.53. The van der Waals surface area contributed by atoms with Crippen molar-refractivity contribution in [3.8, 4) is 0 Å². The Hall–Kier alpha value is -4.51. The molecule has 0 bridgehead atoms. The van der Waals surface area contributed by atoms with Crippen LogP contribution in [0.15, 0.2) is 42.3 Å². The highest BCUT2D eigenvalue weighted by atomic mass is 19.1. The first-order valence-electron chi connectivity index (χ1n) is 9.41. The lowest BCUT2D eigenvalue weighted by atomic mass is 10.2. The zero-order valence-corrected chi connectivity index (χ0v) is 17.7. The molecule has 13 heteroatoms. The lowest BCUT2D eigenvalue weighted by Crippen LogP contribution is -2.27. The maximum absolute atomic E-state index is 13.4. The van der Waals surface area contributed by atoms with Crippen LogP contribution in [0.2, 0.25) is 0 Å². The van der Waals surface area contributed by atoms with E-state index in [1.807, 2.05) is 0 Å². The molecule has 3 N–H and O–H groups in total. The van der Waals surface area contributed by atoms with E-state index in [0.717, 1.165) is 12.4 Å². The highest BCUT2D eigenvalue weighted by molar-refractivity contribution is 6.06. The van der Waals surface area contributed by atoms with Crippen LogP contribution >= 0.6 is 0 Å². The highest BCUT2D eigenvalue weighted by Crippen LogP contribution is 2.24. The van der Waals surface area contributed by atoms with Crippen LogP contribution in [0.5, 0.6) is 0 Å². The average Bonchev–Trinajstić information content (AvgIpc) is 3.34. The number of carbonyl (C=O) groups excluding carboxylic acids is 2. The normalized spacial score (nSPS) is 10.8. The Morgan fingerprint density at radius 2 is 1.61 bits per heavy atom. The molecule has 0 saturated carbocycles. The van der Waals surface area contributed by atoms with E-state index < -0.39 is 29.2 Å². The van der Waals surface area contributed by atoms with Crippen LogP contribution in [0.4, 0.5) is 19.3 Å². The number of hydrogen-bond donors (Lipinski definition) is 3. The number of carbonyl (C=O) groups is 2. The van der Waals surface area contributed by atoms with Gasteiger partial charge in [-0.05, 0) is 31.4 Å². The molecule has 0 atom stereocenters. The van der Waals surface area contributed by atoms with Gasteiger partial charge in [-0.15, -0.1) is 0 Å². The van der Waals surface area contributed by atoms with Gasteiger partial charge >= 0.3 is 6.09 Å². The Morgan fingerprint density at radius 3 is 2.21 bits per heavy atom. The molecular weight excluding hydrogens is 438 g/mol. The lowest BCUT2D eigenvalue weighted by molar-refractivity contribution is 0.0636. The number of amides is 2. The molecule has 4 heterocycles. The Morgan fingerprint density at radius 1 is 1.03 bits per heavy atom. The SMILES string of the molecule is CC(C)(C)OC(=O)Nc1c[nH]c2c(F)cncc12.[N-]=[N+]=NC(=O)c1c[nH]c2c(F)cncc12. The smallest absolute Gasteiger partial charge is 0.412 e. The van der Waals surface area contributed by atoms with E-state index in [-0.39, 0.29) is 11.1 Å². The molecule has 0 fully saturated rings. The van der Waals surface area contributed by atoms with E-state index in [2.05, 4.69) is 35.3 Å². The molecule has 0 aromatic carbocycles. The lowest BCUT2D eigenvalue weighted by Gasteiger charge is -2.19. The fourth-order valence-electron chi connectivity index (χ4n) is 2.80. The maximum atomic E-state index is 13.4. The fraction of sp³-hybridized carbons (Fsp3) is 0.200. The van der Waals surface area contributed by atoms with Gasteiger partial charge in [0.1, 0.15) is 5.60 Å². The molecule has 0 aliphatic rings. The van der Waals surface area contributed by atoms with Crippen LogP contribution in [0, 0.1) is 11.6 Å². The van der Waals surface area contributed by atoms with E-state index in [0.29, 0.717) is 22.0 Å². The van der Waals surface area contributed by atoms with E-state index in [4.69, 9.17) is 10.3 Å². The van der Waals surface area contributed by atoms with Gasteiger partial charge in [0.25, 0.3) is 5.91 Å². The molecule has 0 radical (unpaired) electrons. The van der Waals surface area contributed by atoms with Crippen molar-refractivity contribution in [2.45, 2.75) is 26.4 Å². The zero-order chi connectivity index (χ0) is 24.2. The van der Waals surface area contributed by atoms with Crippen LogP contribution < -0.4 is 5.32 Å². The van der Waals surface area contributed by atoms with E-state index in [1.165, 1.54) is 24.8 Å². The second kappa shape index (κ2) is 9.32. The summed E-state index contributed by atoms with van der Waals surface area (Å²) in [6.45, 7) is 5.30. The third-order valence-corrected chi connectivity index (χ3v) is 4.10. The molecule has 0 aliphatic heterocycles. The number of ether oxygens (including phenoxy) is 1. The minimum Gasteiger partial charge on any atom is -0.444 e. The third kappa shape index (κ3) is 5.40. The molecule has 11 nitrogen and oxygen atoms in total. The summed E-state index contributed by atoms with van der Waals surface area (Å²) < 4.78 is 31.6. The summed E-state index contributed by atoms with van der Waals surface area (Å²) in [4.78, 5) is 37.9. The van der Waals surface area contributed by atoms with E-state index in [1.54, 1.807) is 20.8 Å². The molecule has 33 heavy (non-hydrogen) atoms. The van der Waals surface area contributed by atoms with Gasteiger partial charge in [0.2, 0.25) is 0 Å². The Bertz CT molecular complexity index is 1380. The second-order valence-corrected chi connectivity index (χ2v) is 7.61. The van der Waals surface area contributed by atoms with Crippen molar-refractivity contribution in [3.05, 3.63) is 64.8 Å². The first-order valence-corrected chi connectivity index (χ1v) is 9.41. The van der Waals surface area contributed by atoms with Gasteiger partial charge in [-0.1, -0.05) is 0 Å². The van der Waals surface area contributed by atoms with Crippen molar-refractivity contribution >= 4 is 39.5 Å². The number of hydrogen-bond acceptors (Lipinski definition) is 5. The van der Waals surface area contributed by atoms with Gasteiger partial charge in [0.15, 0.2) is 11.6 Å². The first-order chi connectivity index (χ1) is 15.6. The molecular formula is C20H18F2N8O3. The van der Waals surface area contributed by atoms with E-state index in [9.17, 15) is 18.4 Å². The van der Waals surface area contributed by atoms with Crippen molar-refractivity contribution in [1.29, 1.82) is 0 Å². The van der Waals surface area contributed by atoms with Crippen LogP contribution in [0.1, 0.15) is 31.1 Å². The van der Waals surface area contributed by atoms with Gasteiger partial charge < -0.3 is 14.7 Å². The standard InChI is InChI=1S/C12H14FN3O2.C8H4FN5O/c1-12(2,3)18-11(17)16-9-6-15-10-7(9)4-14-5-8(10)13;9-6-3-11-1-4-5(2-12-7(4)6)8(15)13-14-10/h4-6,15H,1-3H3,(H,16,17);1-3,12H. The summed E-state index contributed by atoms with van der Waals surface area (Å²) in [5, 5.41) is 6.27. The van der Waals surface area contributed by atoms with E-state index >= 15 is 0 Å². The van der Waals surface area contributed by atoms with Crippen LogP contribution in [0.25, 0.3) is 32.2 Å². The Labute approximate surface area is 184 Å². The minimum atomic E-state index is -0.767. The number of azide groups is 1. The molecule has 0 unspecified atom stereocenters. The number of rotatable bonds is 2. The molecule has 4 rings (SSSR count). The fourth-order valence-corrected chi connectivity index (χ4v) is 2.80. The molecule has 4 aromatic heterocycles. The largest absolute Gasteiger partial charge is 0.444 e. The van der Waals surface area contributed by atoms with Gasteiger partial charge in [-0.2, -0.15) is 0 Å². The van der Waals surface area contributed by atoms with Crippen LogP contribution in [-0.4, -0.2) is 37.5 Å².